The molecular formula is C20H23N3O3S. The number of hydrogen-bond donors (Lipinski definition) is 2. The number of aromatic amines is 1. The monoisotopic (exact) mass is 385 g/mol. The number of thiophene rings is 1. The Morgan fingerprint density at radius 1 is 1.22 bits per heavy atom. The molecule has 1 atom stereocenters. The van der Waals surface area contributed by atoms with Crippen LogP contribution in [0.4, 0.5) is 0 Å². The van der Waals surface area contributed by atoms with Gasteiger partial charge < -0.3 is 10.3 Å². The number of amides is 1. The number of H-pyrrole nitrogens is 1. The number of carbonyl (C=O) groups excluding carboxylic acids is 1. The number of nitrogens with zero attached hydrogens (tertiary/aromatic N) is 1. The van der Waals surface area contributed by atoms with Crippen LogP contribution in [0.15, 0.2) is 51.4 Å². The fourth-order valence-corrected chi connectivity index (χ4v) is 3.82. The van der Waals surface area contributed by atoms with Crippen LogP contribution >= 0.6 is 11.3 Å². The summed E-state index contributed by atoms with van der Waals surface area (Å²) in [5, 5.41) is 4.76. The molecule has 0 bridgehead atoms. The summed E-state index contributed by atoms with van der Waals surface area (Å²) < 4.78 is 1.71. The van der Waals surface area contributed by atoms with Crippen molar-refractivity contribution in [2.75, 3.05) is 0 Å². The van der Waals surface area contributed by atoms with Crippen LogP contribution in [0.3, 0.4) is 0 Å². The van der Waals surface area contributed by atoms with Gasteiger partial charge in [-0.3, -0.25) is 14.2 Å². The molecule has 0 unspecified atom stereocenters. The zero-order valence-electron chi connectivity index (χ0n) is 15.2. The average Bonchev–Trinajstić information content (AvgIpc) is 3.12. The molecule has 0 radical (unpaired) electrons. The van der Waals surface area contributed by atoms with E-state index in [1.54, 1.807) is 11.4 Å². The third-order valence-corrected chi connectivity index (χ3v) is 5.40. The van der Waals surface area contributed by atoms with E-state index in [9.17, 15) is 14.4 Å². The Labute approximate surface area is 160 Å². The minimum atomic E-state index is -0.428. The first-order chi connectivity index (χ1) is 13.0. The summed E-state index contributed by atoms with van der Waals surface area (Å²) in [4.78, 5) is 39.2. The van der Waals surface area contributed by atoms with Crippen LogP contribution in [0.25, 0.3) is 10.2 Å². The van der Waals surface area contributed by atoms with E-state index in [1.807, 2.05) is 25.1 Å². The van der Waals surface area contributed by atoms with E-state index in [2.05, 4.69) is 22.4 Å². The standard InChI is InChI=1S/C20H23N3O3S/c1-14(9-10-15-6-3-2-4-7-15)21-17(24)8-5-12-23-19(25)18-16(11-13-27-18)22-20(23)26/h2-4,6-7,11,13-14H,5,8-10,12H2,1H3,(H,21,24)(H,22,26)/t14-/m0/s1. The first-order valence-electron chi connectivity index (χ1n) is 9.08. The van der Waals surface area contributed by atoms with Crippen molar-refractivity contribution in [3.05, 3.63) is 68.2 Å². The number of carbonyl (C=O) groups is 1. The number of benzene rings is 1. The summed E-state index contributed by atoms with van der Waals surface area (Å²) in [6, 6.07) is 12.0. The normalized spacial score (nSPS) is 12.2. The molecule has 3 rings (SSSR count). The molecule has 6 nitrogen and oxygen atoms in total. The maximum absolute atomic E-state index is 12.3. The molecule has 0 saturated carbocycles. The van der Waals surface area contributed by atoms with Crippen LogP contribution in [0.2, 0.25) is 0 Å². The average molecular weight is 385 g/mol. The van der Waals surface area contributed by atoms with Crippen LogP contribution in [-0.4, -0.2) is 21.5 Å². The molecule has 1 aromatic carbocycles. The summed E-state index contributed by atoms with van der Waals surface area (Å²) in [5.41, 5.74) is 1.10. The van der Waals surface area contributed by atoms with E-state index in [0.717, 1.165) is 12.8 Å². The largest absolute Gasteiger partial charge is 0.354 e. The van der Waals surface area contributed by atoms with Gasteiger partial charge >= 0.3 is 5.69 Å². The quantitative estimate of drug-likeness (QED) is 0.625. The fourth-order valence-electron chi connectivity index (χ4n) is 3.02. The van der Waals surface area contributed by atoms with E-state index >= 15 is 0 Å². The molecule has 1 amide bonds. The second kappa shape index (κ2) is 8.81. The molecule has 0 aliphatic rings. The Balaban J connectivity index is 1.47. The van der Waals surface area contributed by atoms with Crippen LogP contribution < -0.4 is 16.6 Å². The summed E-state index contributed by atoms with van der Waals surface area (Å²) in [6.07, 6.45) is 2.50. The SMILES string of the molecule is C[C@@H](CCc1ccccc1)NC(=O)CCCn1c(=O)[nH]c2ccsc2c1=O. The van der Waals surface area contributed by atoms with Crippen molar-refractivity contribution in [2.45, 2.75) is 45.2 Å². The number of hydrogen-bond acceptors (Lipinski definition) is 4. The predicted molar refractivity (Wildman–Crippen MR) is 108 cm³/mol. The first kappa shape index (κ1) is 19.1. The van der Waals surface area contributed by atoms with E-state index in [-0.39, 0.29) is 30.5 Å². The lowest BCUT2D eigenvalue weighted by Gasteiger charge is -2.14. The van der Waals surface area contributed by atoms with Crippen molar-refractivity contribution in [2.24, 2.45) is 0 Å². The molecule has 0 saturated heterocycles. The van der Waals surface area contributed by atoms with Gasteiger partial charge in [-0.25, -0.2) is 4.79 Å². The van der Waals surface area contributed by atoms with Crippen LogP contribution in [0.5, 0.6) is 0 Å². The van der Waals surface area contributed by atoms with Crippen molar-refractivity contribution in [3.8, 4) is 0 Å². The van der Waals surface area contributed by atoms with Crippen molar-refractivity contribution in [1.82, 2.24) is 14.9 Å². The van der Waals surface area contributed by atoms with Gasteiger partial charge in [-0.2, -0.15) is 0 Å². The summed E-state index contributed by atoms with van der Waals surface area (Å²) in [6.45, 7) is 2.22. The summed E-state index contributed by atoms with van der Waals surface area (Å²) in [7, 11) is 0. The molecule has 0 spiro atoms. The highest BCUT2D eigenvalue weighted by atomic mass is 32.1. The maximum Gasteiger partial charge on any atom is 0.328 e. The lowest BCUT2D eigenvalue weighted by atomic mass is 10.1. The molecule has 0 fully saturated rings. The Morgan fingerprint density at radius 2 is 2.00 bits per heavy atom. The van der Waals surface area contributed by atoms with Gasteiger partial charge in [-0.1, -0.05) is 30.3 Å². The Bertz CT molecular complexity index is 1020. The van der Waals surface area contributed by atoms with Gasteiger partial charge in [0.2, 0.25) is 5.91 Å². The van der Waals surface area contributed by atoms with Gasteiger partial charge in [0.25, 0.3) is 5.56 Å². The van der Waals surface area contributed by atoms with Gasteiger partial charge in [0, 0.05) is 19.0 Å². The lowest BCUT2D eigenvalue weighted by molar-refractivity contribution is -0.121. The van der Waals surface area contributed by atoms with Crippen LogP contribution in [0, 0.1) is 0 Å². The molecule has 0 aliphatic heterocycles. The second-order valence-electron chi connectivity index (χ2n) is 6.65. The van der Waals surface area contributed by atoms with Crippen molar-refractivity contribution in [3.63, 3.8) is 0 Å². The van der Waals surface area contributed by atoms with Gasteiger partial charge in [-0.05, 0) is 43.2 Å². The number of aryl methyl sites for hydroxylation is 1. The number of aromatic nitrogens is 2. The topological polar surface area (TPSA) is 84.0 Å². The minimum Gasteiger partial charge on any atom is -0.354 e. The highest BCUT2D eigenvalue weighted by molar-refractivity contribution is 7.17. The van der Waals surface area contributed by atoms with Crippen LogP contribution in [-0.2, 0) is 17.8 Å². The van der Waals surface area contributed by atoms with Gasteiger partial charge in [0.15, 0.2) is 0 Å². The van der Waals surface area contributed by atoms with E-state index in [0.29, 0.717) is 16.6 Å². The zero-order valence-corrected chi connectivity index (χ0v) is 16.1. The third kappa shape index (κ3) is 4.95. The van der Waals surface area contributed by atoms with Gasteiger partial charge in [0.1, 0.15) is 4.70 Å². The van der Waals surface area contributed by atoms with Crippen LogP contribution in [0.1, 0.15) is 31.7 Å². The highest BCUT2D eigenvalue weighted by Gasteiger charge is 2.11. The van der Waals surface area contributed by atoms with Crippen molar-refractivity contribution >= 4 is 27.5 Å². The van der Waals surface area contributed by atoms with Crippen molar-refractivity contribution < 1.29 is 4.79 Å². The first-order valence-corrected chi connectivity index (χ1v) is 9.96. The van der Waals surface area contributed by atoms with Gasteiger partial charge in [0.05, 0.1) is 5.52 Å². The smallest absolute Gasteiger partial charge is 0.328 e. The maximum atomic E-state index is 12.3. The molecule has 27 heavy (non-hydrogen) atoms. The van der Waals surface area contributed by atoms with Gasteiger partial charge in [-0.15, -0.1) is 11.3 Å². The molecule has 2 heterocycles. The highest BCUT2D eigenvalue weighted by Crippen LogP contribution is 2.12. The molecular weight excluding hydrogens is 362 g/mol. The Kier molecular flexibility index (Phi) is 6.24. The summed E-state index contributed by atoms with van der Waals surface area (Å²) in [5.74, 6) is -0.0581. The van der Waals surface area contributed by atoms with E-state index < -0.39 is 5.69 Å². The number of rotatable bonds is 8. The van der Waals surface area contributed by atoms with E-state index in [4.69, 9.17) is 0 Å². The third-order valence-electron chi connectivity index (χ3n) is 4.49. The minimum absolute atomic E-state index is 0.0581. The second-order valence-corrected chi connectivity index (χ2v) is 7.56. The molecule has 2 aromatic heterocycles. The molecule has 142 valence electrons. The molecule has 2 N–H and O–H groups in total. The predicted octanol–water partition coefficient (Wildman–Crippen LogP) is 2.67. The van der Waals surface area contributed by atoms with E-state index in [1.165, 1.54) is 21.5 Å². The molecule has 0 aliphatic carbocycles. The Morgan fingerprint density at radius 3 is 2.78 bits per heavy atom. The summed E-state index contributed by atoms with van der Waals surface area (Å²) >= 11 is 1.31. The zero-order chi connectivity index (χ0) is 19.2. The van der Waals surface area contributed by atoms with Crippen molar-refractivity contribution in [1.29, 1.82) is 0 Å². The Hall–Kier alpha value is -2.67. The molecule has 3 aromatic rings. The fraction of sp³-hybridized carbons (Fsp3) is 0.350. The number of nitrogens with one attached hydrogen (secondary N) is 2. The molecule has 7 heteroatoms. The number of fused-ring (bicyclic) bond motifs is 1. The lowest BCUT2D eigenvalue weighted by Crippen LogP contribution is -2.36.